The average molecular weight is 413 g/mol. The molecule has 2 aromatic rings. The number of anilines is 1. The van der Waals surface area contributed by atoms with Gasteiger partial charge in [-0.15, -0.1) is 0 Å². The smallest absolute Gasteiger partial charge is 0.218 e. The highest BCUT2D eigenvalue weighted by molar-refractivity contribution is 7.88. The molecule has 0 radical (unpaired) electrons. The quantitative estimate of drug-likeness (QED) is 0.698. The van der Waals surface area contributed by atoms with E-state index in [1.807, 2.05) is 18.2 Å². The summed E-state index contributed by atoms with van der Waals surface area (Å²) in [4.78, 5) is 2.33. The van der Waals surface area contributed by atoms with E-state index in [2.05, 4.69) is 11.0 Å². The van der Waals surface area contributed by atoms with Crippen molar-refractivity contribution in [2.45, 2.75) is 25.1 Å². The van der Waals surface area contributed by atoms with Gasteiger partial charge >= 0.3 is 0 Å². The van der Waals surface area contributed by atoms with Gasteiger partial charge in [-0.3, -0.25) is 0 Å². The summed E-state index contributed by atoms with van der Waals surface area (Å²) in [6.45, 7) is 2.39. The van der Waals surface area contributed by atoms with Crippen LogP contribution in [0.5, 0.6) is 0 Å². The van der Waals surface area contributed by atoms with Crippen molar-refractivity contribution in [1.29, 1.82) is 0 Å². The highest BCUT2D eigenvalue weighted by Crippen LogP contribution is 2.27. The van der Waals surface area contributed by atoms with Crippen LogP contribution >= 0.6 is 23.2 Å². The molecule has 4 nitrogen and oxygen atoms in total. The first kappa shape index (κ1) is 19.5. The van der Waals surface area contributed by atoms with Gasteiger partial charge in [0.1, 0.15) is 0 Å². The van der Waals surface area contributed by atoms with Gasteiger partial charge in [-0.2, -0.15) is 0 Å². The Morgan fingerprint density at radius 2 is 1.73 bits per heavy atom. The first-order chi connectivity index (χ1) is 12.4. The fraction of sp³-hybridized carbons (Fsp3) is 0.368. The summed E-state index contributed by atoms with van der Waals surface area (Å²) in [5.74, 6) is -0.105. The Kier molecular flexibility index (Phi) is 6.13. The summed E-state index contributed by atoms with van der Waals surface area (Å²) in [5, 5.41) is 0.780. The van der Waals surface area contributed by atoms with Crippen LogP contribution in [0.25, 0.3) is 0 Å². The van der Waals surface area contributed by atoms with Crippen LogP contribution in [-0.2, 0) is 22.3 Å². The molecule has 140 valence electrons. The summed E-state index contributed by atoms with van der Waals surface area (Å²) in [6.07, 6.45) is 2.36. The Balaban J connectivity index is 1.76. The lowest BCUT2D eigenvalue weighted by molar-refractivity contribution is 0.466. The molecule has 7 heteroatoms. The van der Waals surface area contributed by atoms with Crippen LogP contribution in [0.15, 0.2) is 42.5 Å². The number of para-hydroxylation sites is 1. The van der Waals surface area contributed by atoms with Crippen molar-refractivity contribution in [2.24, 2.45) is 0 Å². The minimum Gasteiger partial charge on any atom is -0.371 e. The van der Waals surface area contributed by atoms with Crippen LogP contribution in [0.1, 0.15) is 24.0 Å². The van der Waals surface area contributed by atoms with Gasteiger partial charge in [-0.1, -0.05) is 47.5 Å². The first-order valence-corrected chi connectivity index (χ1v) is 10.9. The topological polar surface area (TPSA) is 40.6 Å². The van der Waals surface area contributed by atoms with Crippen LogP contribution in [0.3, 0.4) is 0 Å². The minimum absolute atomic E-state index is 0.105. The summed E-state index contributed by atoms with van der Waals surface area (Å²) >= 11 is 11.9. The first-order valence-electron chi connectivity index (χ1n) is 8.57. The van der Waals surface area contributed by atoms with Gasteiger partial charge in [-0.05, 0) is 42.2 Å². The molecule has 1 saturated heterocycles. The largest absolute Gasteiger partial charge is 0.371 e. The second-order valence-corrected chi connectivity index (χ2v) is 9.47. The van der Waals surface area contributed by atoms with Crippen molar-refractivity contribution in [3.8, 4) is 0 Å². The third-order valence-corrected chi connectivity index (χ3v) is 7.16. The average Bonchev–Trinajstić information content (AvgIpc) is 3.13. The van der Waals surface area contributed by atoms with Crippen LogP contribution < -0.4 is 4.90 Å². The second-order valence-electron chi connectivity index (χ2n) is 6.58. The van der Waals surface area contributed by atoms with Crippen molar-refractivity contribution < 1.29 is 8.42 Å². The Morgan fingerprint density at radius 3 is 2.42 bits per heavy atom. The molecule has 0 atom stereocenters. The van der Waals surface area contributed by atoms with Crippen LogP contribution in [-0.4, -0.2) is 32.9 Å². The molecule has 1 aliphatic rings. The van der Waals surface area contributed by atoms with E-state index >= 15 is 0 Å². The molecule has 0 spiro atoms. The Morgan fingerprint density at radius 1 is 1.04 bits per heavy atom. The van der Waals surface area contributed by atoms with Gasteiger partial charge in [-0.25, -0.2) is 12.7 Å². The zero-order valence-electron chi connectivity index (χ0n) is 14.7. The molecule has 0 bridgehead atoms. The fourth-order valence-corrected chi connectivity index (χ4v) is 4.68. The molecule has 0 unspecified atom stereocenters. The van der Waals surface area contributed by atoms with Crippen LogP contribution in [0.2, 0.25) is 10.0 Å². The van der Waals surface area contributed by atoms with E-state index in [0.717, 1.165) is 24.3 Å². The molecule has 1 heterocycles. The lowest BCUT2D eigenvalue weighted by atomic mass is 10.1. The molecular formula is C19H22Cl2N2O2S. The SMILES string of the molecule is CN(Cc1ccccc1N1CCCC1)S(=O)(=O)Cc1ccc(Cl)c(Cl)c1. The Bertz CT molecular complexity index is 881. The molecule has 3 rings (SSSR count). The third-order valence-electron chi connectivity index (χ3n) is 4.64. The van der Waals surface area contributed by atoms with Crippen molar-refractivity contribution in [3.05, 3.63) is 63.6 Å². The lowest BCUT2D eigenvalue weighted by Gasteiger charge is -2.24. The van der Waals surface area contributed by atoms with Gasteiger partial charge in [0.2, 0.25) is 10.0 Å². The number of rotatable bonds is 6. The van der Waals surface area contributed by atoms with E-state index in [0.29, 0.717) is 22.2 Å². The number of benzene rings is 2. The standard InChI is InChI=1S/C19H22Cl2N2O2S/c1-22(26(24,25)14-15-8-9-17(20)18(21)12-15)13-16-6-2-3-7-19(16)23-10-4-5-11-23/h2-3,6-9,12H,4-5,10-11,13-14H2,1H3. The van der Waals surface area contributed by atoms with E-state index in [1.165, 1.54) is 17.1 Å². The molecule has 0 N–H and O–H groups in total. The van der Waals surface area contributed by atoms with Gasteiger partial charge in [0.05, 0.1) is 15.8 Å². The monoisotopic (exact) mass is 412 g/mol. The maximum Gasteiger partial charge on any atom is 0.218 e. The van der Waals surface area contributed by atoms with Crippen LogP contribution in [0.4, 0.5) is 5.69 Å². The van der Waals surface area contributed by atoms with Crippen molar-refractivity contribution in [3.63, 3.8) is 0 Å². The molecule has 0 aromatic heterocycles. The Labute approximate surface area is 165 Å². The van der Waals surface area contributed by atoms with E-state index < -0.39 is 10.0 Å². The Hall–Kier alpha value is -1.27. The van der Waals surface area contributed by atoms with Crippen molar-refractivity contribution in [2.75, 3.05) is 25.0 Å². The van der Waals surface area contributed by atoms with E-state index in [4.69, 9.17) is 23.2 Å². The molecule has 1 aliphatic heterocycles. The van der Waals surface area contributed by atoms with E-state index in [-0.39, 0.29) is 5.75 Å². The zero-order valence-corrected chi connectivity index (χ0v) is 17.0. The lowest BCUT2D eigenvalue weighted by Crippen LogP contribution is -2.29. The predicted molar refractivity (Wildman–Crippen MR) is 108 cm³/mol. The summed E-state index contributed by atoms with van der Waals surface area (Å²) < 4.78 is 26.9. The maximum absolute atomic E-state index is 12.8. The van der Waals surface area contributed by atoms with Gasteiger partial charge < -0.3 is 4.90 Å². The molecule has 2 aromatic carbocycles. The number of halogens is 2. The zero-order chi connectivity index (χ0) is 18.7. The summed E-state index contributed by atoms with van der Waals surface area (Å²) in [5.41, 5.74) is 2.77. The van der Waals surface area contributed by atoms with Gasteiger partial charge in [0, 0.05) is 32.4 Å². The second kappa shape index (κ2) is 8.17. The third kappa shape index (κ3) is 4.52. The molecule has 26 heavy (non-hydrogen) atoms. The minimum atomic E-state index is -3.47. The highest BCUT2D eigenvalue weighted by atomic mass is 35.5. The summed E-state index contributed by atoms with van der Waals surface area (Å²) in [7, 11) is -1.85. The molecule has 0 saturated carbocycles. The highest BCUT2D eigenvalue weighted by Gasteiger charge is 2.22. The van der Waals surface area contributed by atoms with Crippen molar-refractivity contribution >= 4 is 38.9 Å². The maximum atomic E-state index is 12.8. The van der Waals surface area contributed by atoms with E-state index in [1.54, 1.807) is 25.2 Å². The normalized spacial score (nSPS) is 15.0. The van der Waals surface area contributed by atoms with Crippen molar-refractivity contribution in [1.82, 2.24) is 4.31 Å². The van der Waals surface area contributed by atoms with E-state index in [9.17, 15) is 8.42 Å². The fourth-order valence-electron chi connectivity index (χ4n) is 3.20. The van der Waals surface area contributed by atoms with Gasteiger partial charge in [0.15, 0.2) is 0 Å². The predicted octanol–water partition coefficient (Wildman–Crippen LogP) is 4.56. The van der Waals surface area contributed by atoms with Gasteiger partial charge in [0.25, 0.3) is 0 Å². The number of hydrogen-bond donors (Lipinski definition) is 0. The number of sulfonamides is 1. The molecular weight excluding hydrogens is 391 g/mol. The number of nitrogens with zero attached hydrogens (tertiary/aromatic N) is 2. The summed E-state index contributed by atoms with van der Waals surface area (Å²) in [6, 6.07) is 12.9. The number of hydrogen-bond acceptors (Lipinski definition) is 3. The molecule has 0 amide bonds. The van der Waals surface area contributed by atoms with Crippen LogP contribution in [0, 0.1) is 0 Å². The molecule has 1 fully saturated rings. The molecule has 0 aliphatic carbocycles.